The third kappa shape index (κ3) is 1.95. The van der Waals surface area contributed by atoms with Crippen LogP contribution in [0.15, 0.2) is 24.3 Å². The van der Waals surface area contributed by atoms with Gasteiger partial charge in [-0.15, -0.1) is 0 Å². The van der Waals surface area contributed by atoms with Crippen molar-refractivity contribution < 1.29 is 5.11 Å². The van der Waals surface area contributed by atoms with Crippen LogP contribution in [0.4, 0.5) is 0 Å². The summed E-state index contributed by atoms with van der Waals surface area (Å²) in [5, 5.41) is 8.95. The number of phenols is 1. The average Bonchev–Trinajstić information content (AvgIpc) is 2.05. The smallest absolute Gasteiger partial charge is 0.115 e. The third-order valence-electron chi connectivity index (χ3n) is 1.63. The normalized spacial score (nSPS) is 12.9. The molecule has 0 heterocycles. The van der Waals surface area contributed by atoms with Crippen LogP contribution in [0.2, 0.25) is 0 Å². The van der Waals surface area contributed by atoms with Gasteiger partial charge in [-0.1, -0.05) is 19.1 Å². The first-order valence-electron chi connectivity index (χ1n) is 3.58. The lowest BCUT2D eigenvalue weighted by atomic mass is 10.1. The van der Waals surface area contributed by atoms with Crippen LogP contribution in [-0.2, 0) is 0 Å². The average molecular weight is 150 g/mol. The van der Waals surface area contributed by atoms with E-state index in [9.17, 15) is 0 Å². The molecule has 2 nitrogen and oxygen atoms in total. The molecule has 0 aliphatic carbocycles. The predicted molar refractivity (Wildman–Crippen MR) is 45.0 cm³/mol. The minimum atomic E-state index is -0.0180. The second kappa shape index (κ2) is 3.39. The van der Waals surface area contributed by atoms with Crippen LogP contribution < -0.4 is 5.73 Å². The zero-order valence-corrected chi connectivity index (χ0v) is 6.33. The van der Waals surface area contributed by atoms with Crippen molar-refractivity contribution >= 4 is 0 Å². The van der Waals surface area contributed by atoms with Crippen molar-refractivity contribution in [3.05, 3.63) is 36.8 Å². The number of phenolic OH excluding ortho intramolecular Hbond substituents is 1. The maximum absolute atomic E-state index is 8.95. The van der Waals surface area contributed by atoms with Gasteiger partial charge in [-0.25, -0.2) is 0 Å². The van der Waals surface area contributed by atoms with Crippen molar-refractivity contribution in [2.24, 2.45) is 5.73 Å². The molecule has 0 saturated carbocycles. The molecule has 0 spiro atoms. The van der Waals surface area contributed by atoms with Gasteiger partial charge >= 0.3 is 0 Å². The Labute approximate surface area is 66.7 Å². The molecule has 0 saturated heterocycles. The topological polar surface area (TPSA) is 46.2 Å². The molecule has 1 aromatic carbocycles. The van der Waals surface area contributed by atoms with Gasteiger partial charge in [0.1, 0.15) is 5.75 Å². The van der Waals surface area contributed by atoms with Crippen LogP contribution in [0.5, 0.6) is 5.75 Å². The summed E-state index contributed by atoms with van der Waals surface area (Å²) >= 11 is 0. The summed E-state index contributed by atoms with van der Waals surface area (Å²) < 4.78 is 0. The van der Waals surface area contributed by atoms with E-state index < -0.39 is 0 Å². The van der Waals surface area contributed by atoms with Crippen LogP contribution in [0, 0.1) is 6.92 Å². The second-order valence-electron chi connectivity index (χ2n) is 2.49. The first-order valence-corrected chi connectivity index (χ1v) is 3.58. The fourth-order valence-corrected chi connectivity index (χ4v) is 0.888. The van der Waals surface area contributed by atoms with E-state index in [-0.39, 0.29) is 11.8 Å². The molecule has 0 aliphatic heterocycles. The van der Waals surface area contributed by atoms with Crippen LogP contribution in [0.1, 0.15) is 18.0 Å². The molecule has 1 rings (SSSR count). The molecule has 1 radical (unpaired) electrons. The summed E-state index contributed by atoms with van der Waals surface area (Å²) in [6, 6.07) is 6.86. The molecule has 59 valence electrons. The molecule has 0 bridgehead atoms. The largest absolute Gasteiger partial charge is 0.508 e. The van der Waals surface area contributed by atoms with Crippen LogP contribution in [-0.4, -0.2) is 5.11 Å². The molecule has 11 heavy (non-hydrogen) atoms. The SMILES string of the molecule is [CH2]CC(N)c1ccc(O)cc1. The summed E-state index contributed by atoms with van der Waals surface area (Å²) in [4.78, 5) is 0. The fraction of sp³-hybridized carbons (Fsp3) is 0.222. The Morgan fingerprint density at radius 1 is 1.36 bits per heavy atom. The molecule has 0 aromatic heterocycles. The highest BCUT2D eigenvalue weighted by Crippen LogP contribution is 2.16. The van der Waals surface area contributed by atoms with Crippen LogP contribution in [0.25, 0.3) is 0 Å². The highest BCUT2D eigenvalue weighted by atomic mass is 16.3. The monoisotopic (exact) mass is 150 g/mol. The summed E-state index contributed by atoms with van der Waals surface area (Å²) in [5.74, 6) is 0.269. The Morgan fingerprint density at radius 2 is 1.91 bits per heavy atom. The van der Waals surface area contributed by atoms with Crippen molar-refractivity contribution in [1.82, 2.24) is 0 Å². The van der Waals surface area contributed by atoms with Gasteiger partial charge in [-0.05, 0) is 24.1 Å². The predicted octanol–water partition coefficient (Wildman–Crippen LogP) is 1.62. The molecule has 1 unspecified atom stereocenters. The van der Waals surface area contributed by atoms with Crippen molar-refractivity contribution in [3.63, 3.8) is 0 Å². The van der Waals surface area contributed by atoms with Crippen molar-refractivity contribution in [1.29, 1.82) is 0 Å². The summed E-state index contributed by atoms with van der Waals surface area (Å²) in [6.45, 7) is 3.70. The molecule has 0 aliphatic rings. The van der Waals surface area contributed by atoms with Gasteiger partial charge in [-0.3, -0.25) is 0 Å². The Balaban J connectivity index is 2.81. The standard InChI is InChI=1S/C9H12NO/c1-2-9(10)7-3-5-8(11)6-4-7/h3-6,9,11H,1-2,10H2. The van der Waals surface area contributed by atoms with E-state index in [0.29, 0.717) is 6.42 Å². The molecule has 1 aromatic rings. The molecule has 2 heteroatoms. The van der Waals surface area contributed by atoms with Gasteiger partial charge in [-0.2, -0.15) is 0 Å². The molecule has 0 amide bonds. The van der Waals surface area contributed by atoms with Crippen LogP contribution in [0.3, 0.4) is 0 Å². The van der Waals surface area contributed by atoms with Gasteiger partial charge in [0, 0.05) is 6.04 Å². The van der Waals surface area contributed by atoms with E-state index in [0.717, 1.165) is 5.56 Å². The lowest BCUT2D eigenvalue weighted by molar-refractivity contribution is 0.475. The first-order chi connectivity index (χ1) is 5.24. The van der Waals surface area contributed by atoms with E-state index in [1.165, 1.54) is 0 Å². The Morgan fingerprint density at radius 3 is 2.36 bits per heavy atom. The maximum atomic E-state index is 8.95. The van der Waals surface area contributed by atoms with Gasteiger partial charge in [0.05, 0.1) is 0 Å². The quantitative estimate of drug-likeness (QED) is 0.672. The number of benzene rings is 1. The van der Waals surface area contributed by atoms with Gasteiger partial charge in [0.15, 0.2) is 0 Å². The number of hydrogen-bond donors (Lipinski definition) is 2. The summed E-state index contributed by atoms with van der Waals surface area (Å²) in [6.07, 6.45) is 0.671. The number of hydrogen-bond acceptors (Lipinski definition) is 2. The molecule has 0 fully saturated rings. The number of aromatic hydroxyl groups is 1. The number of nitrogens with two attached hydrogens (primary N) is 1. The highest BCUT2D eigenvalue weighted by Gasteiger charge is 2.01. The van der Waals surface area contributed by atoms with E-state index in [4.69, 9.17) is 10.8 Å². The van der Waals surface area contributed by atoms with Crippen molar-refractivity contribution in [2.75, 3.05) is 0 Å². The Kier molecular flexibility index (Phi) is 2.49. The van der Waals surface area contributed by atoms with Gasteiger partial charge < -0.3 is 10.8 Å². The molecule has 3 N–H and O–H groups in total. The lowest BCUT2D eigenvalue weighted by Crippen LogP contribution is -2.07. The lowest BCUT2D eigenvalue weighted by Gasteiger charge is -2.07. The molecular weight excluding hydrogens is 138 g/mol. The van der Waals surface area contributed by atoms with Gasteiger partial charge in [0.2, 0.25) is 0 Å². The minimum Gasteiger partial charge on any atom is -0.508 e. The summed E-state index contributed by atoms with van der Waals surface area (Å²) in [5.41, 5.74) is 6.71. The van der Waals surface area contributed by atoms with Gasteiger partial charge in [0.25, 0.3) is 0 Å². The van der Waals surface area contributed by atoms with Crippen molar-refractivity contribution in [3.8, 4) is 5.75 Å². The molecular formula is C9H12NO. The number of rotatable bonds is 2. The Hall–Kier alpha value is -1.02. The maximum Gasteiger partial charge on any atom is 0.115 e. The Bertz CT molecular complexity index is 218. The second-order valence-corrected chi connectivity index (χ2v) is 2.49. The minimum absolute atomic E-state index is 0.0180. The van der Waals surface area contributed by atoms with Crippen LogP contribution >= 0.6 is 0 Å². The van der Waals surface area contributed by atoms with E-state index in [2.05, 4.69) is 6.92 Å². The zero-order chi connectivity index (χ0) is 8.27. The van der Waals surface area contributed by atoms with E-state index in [1.54, 1.807) is 12.1 Å². The molecule has 1 atom stereocenters. The third-order valence-corrected chi connectivity index (χ3v) is 1.63. The summed E-state index contributed by atoms with van der Waals surface area (Å²) in [7, 11) is 0. The highest BCUT2D eigenvalue weighted by molar-refractivity contribution is 5.27. The van der Waals surface area contributed by atoms with E-state index in [1.807, 2.05) is 12.1 Å². The van der Waals surface area contributed by atoms with Crippen molar-refractivity contribution in [2.45, 2.75) is 12.5 Å². The zero-order valence-electron chi connectivity index (χ0n) is 6.33. The fourth-order valence-electron chi connectivity index (χ4n) is 0.888. The first kappa shape index (κ1) is 8.08. The van der Waals surface area contributed by atoms with E-state index >= 15 is 0 Å².